The molecule has 0 radical (unpaired) electrons. The van der Waals surface area contributed by atoms with E-state index in [1.807, 2.05) is 55.5 Å². The molecule has 4 nitrogen and oxygen atoms in total. The minimum absolute atomic E-state index is 0.0308. The third kappa shape index (κ3) is 2.38. The lowest BCUT2D eigenvalue weighted by Gasteiger charge is -2.34. The first-order chi connectivity index (χ1) is 10.2. The topological polar surface area (TPSA) is 55.6 Å². The highest BCUT2D eigenvalue weighted by Crippen LogP contribution is 2.39. The number of nitrogens with zero attached hydrogens (tertiary/aromatic N) is 1. The monoisotopic (exact) mass is 282 g/mol. The molecular weight excluding hydrogens is 264 g/mol. The maximum Gasteiger partial charge on any atom is 0.272 e. The SMILES string of the molecule is CCN1C(=O)C(c2ccccc2)Oc2cc(CN)ccc21. The molecule has 0 aromatic heterocycles. The number of hydrogen-bond donors (Lipinski definition) is 1. The number of rotatable bonds is 3. The van der Waals surface area contributed by atoms with Gasteiger partial charge in [-0.15, -0.1) is 0 Å². The molecule has 0 fully saturated rings. The van der Waals surface area contributed by atoms with Gasteiger partial charge in [-0.05, 0) is 24.6 Å². The van der Waals surface area contributed by atoms with E-state index in [9.17, 15) is 4.79 Å². The van der Waals surface area contributed by atoms with Gasteiger partial charge in [-0.3, -0.25) is 4.79 Å². The Morgan fingerprint density at radius 1 is 1.19 bits per heavy atom. The quantitative estimate of drug-likeness (QED) is 0.941. The predicted octanol–water partition coefficient (Wildman–Crippen LogP) is 2.63. The molecule has 108 valence electrons. The lowest BCUT2D eigenvalue weighted by Crippen LogP contribution is -2.41. The molecule has 2 N–H and O–H groups in total. The third-order valence-corrected chi connectivity index (χ3v) is 3.70. The lowest BCUT2D eigenvalue weighted by molar-refractivity contribution is -0.126. The molecule has 0 spiro atoms. The molecule has 1 aliphatic heterocycles. The van der Waals surface area contributed by atoms with Crippen molar-refractivity contribution in [1.29, 1.82) is 0 Å². The van der Waals surface area contributed by atoms with Crippen molar-refractivity contribution < 1.29 is 9.53 Å². The molecule has 4 heteroatoms. The summed E-state index contributed by atoms with van der Waals surface area (Å²) in [6, 6.07) is 15.3. The van der Waals surface area contributed by atoms with Crippen molar-refractivity contribution in [2.24, 2.45) is 5.73 Å². The van der Waals surface area contributed by atoms with Crippen LogP contribution in [0.4, 0.5) is 5.69 Å². The molecule has 1 heterocycles. The molecule has 0 saturated heterocycles. The van der Waals surface area contributed by atoms with Crippen molar-refractivity contribution in [3.63, 3.8) is 0 Å². The Balaban J connectivity index is 2.05. The molecular formula is C17H18N2O2. The highest BCUT2D eigenvalue weighted by molar-refractivity contribution is 6.00. The van der Waals surface area contributed by atoms with Crippen LogP contribution in [-0.4, -0.2) is 12.5 Å². The fourth-order valence-corrected chi connectivity index (χ4v) is 2.61. The minimum atomic E-state index is -0.591. The van der Waals surface area contributed by atoms with Crippen LogP contribution in [0, 0.1) is 0 Å². The summed E-state index contributed by atoms with van der Waals surface area (Å²) in [7, 11) is 0. The Hall–Kier alpha value is -2.33. The van der Waals surface area contributed by atoms with Crippen LogP contribution in [0.3, 0.4) is 0 Å². The zero-order valence-corrected chi connectivity index (χ0v) is 12.0. The third-order valence-electron chi connectivity index (χ3n) is 3.70. The van der Waals surface area contributed by atoms with Gasteiger partial charge in [-0.1, -0.05) is 36.4 Å². The molecule has 1 atom stereocenters. The van der Waals surface area contributed by atoms with E-state index < -0.39 is 6.10 Å². The number of hydrogen-bond acceptors (Lipinski definition) is 3. The average Bonchev–Trinajstić information content (AvgIpc) is 2.54. The summed E-state index contributed by atoms with van der Waals surface area (Å²) in [5, 5.41) is 0. The summed E-state index contributed by atoms with van der Waals surface area (Å²) in [6.07, 6.45) is -0.591. The van der Waals surface area contributed by atoms with Crippen molar-refractivity contribution in [3.8, 4) is 5.75 Å². The number of amides is 1. The Labute approximate surface area is 124 Å². The maximum atomic E-state index is 12.7. The smallest absolute Gasteiger partial charge is 0.272 e. The fraction of sp³-hybridized carbons (Fsp3) is 0.235. The van der Waals surface area contributed by atoms with E-state index in [-0.39, 0.29) is 5.91 Å². The highest BCUT2D eigenvalue weighted by Gasteiger charge is 2.34. The van der Waals surface area contributed by atoms with E-state index in [0.29, 0.717) is 18.8 Å². The van der Waals surface area contributed by atoms with Crippen LogP contribution >= 0.6 is 0 Å². The molecule has 0 bridgehead atoms. The van der Waals surface area contributed by atoms with E-state index >= 15 is 0 Å². The second-order valence-electron chi connectivity index (χ2n) is 5.00. The van der Waals surface area contributed by atoms with Gasteiger partial charge < -0.3 is 15.4 Å². The maximum absolute atomic E-state index is 12.7. The molecule has 0 aliphatic carbocycles. The number of fused-ring (bicyclic) bond motifs is 1. The lowest BCUT2D eigenvalue weighted by atomic mass is 10.0. The van der Waals surface area contributed by atoms with Crippen LogP contribution in [0.5, 0.6) is 5.75 Å². The van der Waals surface area contributed by atoms with Crippen LogP contribution in [0.15, 0.2) is 48.5 Å². The van der Waals surface area contributed by atoms with E-state index in [4.69, 9.17) is 10.5 Å². The number of anilines is 1. The predicted molar refractivity (Wildman–Crippen MR) is 82.2 cm³/mol. The van der Waals surface area contributed by atoms with Crippen molar-refractivity contribution >= 4 is 11.6 Å². The molecule has 3 rings (SSSR count). The van der Waals surface area contributed by atoms with Gasteiger partial charge >= 0.3 is 0 Å². The number of benzene rings is 2. The Morgan fingerprint density at radius 3 is 2.62 bits per heavy atom. The first kappa shape index (κ1) is 13.6. The largest absolute Gasteiger partial charge is 0.474 e. The van der Waals surface area contributed by atoms with Crippen LogP contribution < -0.4 is 15.4 Å². The van der Waals surface area contributed by atoms with E-state index in [0.717, 1.165) is 16.8 Å². The number of carbonyl (C=O) groups excluding carboxylic acids is 1. The number of likely N-dealkylation sites (N-methyl/N-ethyl adjacent to an activating group) is 1. The minimum Gasteiger partial charge on any atom is -0.474 e. The van der Waals surface area contributed by atoms with Crippen LogP contribution in [-0.2, 0) is 11.3 Å². The standard InChI is InChI=1S/C17H18N2O2/c1-2-19-14-9-8-12(11-18)10-15(14)21-16(17(19)20)13-6-4-3-5-7-13/h3-10,16H,2,11,18H2,1H3. The second kappa shape index (κ2) is 5.58. The van der Waals surface area contributed by atoms with Gasteiger partial charge in [0, 0.05) is 18.7 Å². The average molecular weight is 282 g/mol. The summed E-state index contributed by atoms with van der Waals surface area (Å²) < 4.78 is 5.96. The van der Waals surface area contributed by atoms with Gasteiger partial charge in [0.2, 0.25) is 6.10 Å². The Bertz CT molecular complexity index is 655. The molecule has 0 saturated carbocycles. The number of carbonyl (C=O) groups is 1. The molecule has 2 aromatic carbocycles. The zero-order chi connectivity index (χ0) is 14.8. The first-order valence-corrected chi connectivity index (χ1v) is 7.10. The molecule has 1 unspecified atom stereocenters. The van der Waals surface area contributed by atoms with Gasteiger partial charge in [0.1, 0.15) is 5.75 Å². The van der Waals surface area contributed by atoms with Crippen LogP contribution in [0.2, 0.25) is 0 Å². The van der Waals surface area contributed by atoms with Gasteiger partial charge in [-0.25, -0.2) is 0 Å². The zero-order valence-electron chi connectivity index (χ0n) is 12.0. The van der Waals surface area contributed by atoms with Gasteiger partial charge in [-0.2, -0.15) is 0 Å². The number of nitrogens with two attached hydrogens (primary N) is 1. The van der Waals surface area contributed by atoms with Crippen LogP contribution in [0.1, 0.15) is 24.2 Å². The summed E-state index contributed by atoms with van der Waals surface area (Å²) in [5.74, 6) is 0.685. The van der Waals surface area contributed by atoms with E-state index in [2.05, 4.69) is 0 Å². The fourth-order valence-electron chi connectivity index (χ4n) is 2.61. The Morgan fingerprint density at radius 2 is 1.95 bits per heavy atom. The van der Waals surface area contributed by atoms with Crippen LogP contribution in [0.25, 0.3) is 0 Å². The molecule has 1 aliphatic rings. The Kier molecular flexibility index (Phi) is 3.62. The normalized spacial score (nSPS) is 17.3. The van der Waals surface area contributed by atoms with Crippen molar-refractivity contribution in [2.75, 3.05) is 11.4 Å². The van der Waals surface area contributed by atoms with Crippen molar-refractivity contribution in [1.82, 2.24) is 0 Å². The molecule has 2 aromatic rings. The summed E-state index contributed by atoms with van der Waals surface area (Å²) in [4.78, 5) is 14.4. The molecule has 21 heavy (non-hydrogen) atoms. The highest BCUT2D eigenvalue weighted by atomic mass is 16.5. The second-order valence-corrected chi connectivity index (χ2v) is 5.00. The number of ether oxygens (including phenoxy) is 1. The first-order valence-electron chi connectivity index (χ1n) is 7.10. The summed E-state index contributed by atoms with van der Waals surface area (Å²) >= 11 is 0. The molecule has 1 amide bonds. The van der Waals surface area contributed by atoms with Crippen molar-refractivity contribution in [2.45, 2.75) is 19.6 Å². The van der Waals surface area contributed by atoms with E-state index in [1.54, 1.807) is 4.90 Å². The van der Waals surface area contributed by atoms with Gasteiger partial charge in [0.05, 0.1) is 5.69 Å². The summed E-state index contributed by atoms with van der Waals surface area (Å²) in [6.45, 7) is 3.03. The van der Waals surface area contributed by atoms with Crippen molar-refractivity contribution in [3.05, 3.63) is 59.7 Å². The van der Waals surface area contributed by atoms with E-state index in [1.165, 1.54) is 0 Å². The van der Waals surface area contributed by atoms with Gasteiger partial charge in [0.25, 0.3) is 5.91 Å². The summed E-state index contributed by atoms with van der Waals surface area (Å²) in [5.41, 5.74) is 8.36. The van der Waals surface area contributed by atoms with Gasteiger partial charge in [0.15, 0.2) is 0 Å².